The van der Waals surface area contributed by atoms with Crippen molar-refractivity contribution in [2.24, 2.45) is 0 Å². The van der Waals surface area contributed by atoms with Gasteiger partial charge in [-0.05, 0) is 23.0 Å². The van der Waals surface area contributed by atoms with Crippen LogP contribution in [0, 0.1) is 0 Å². The van der Waals surface area contributed by atoms with E-state index in [9.17, 15) is 4.79 Å². The van der Waals surface area contributed by atoms with Crippen molar-refractivity contribution in [1.82, 2.24) is 15.3 Å². The maximum atomic E-state index is 12.2. The monoisotopic (exact) mass is 356 g/mol. The van der Waals surface area contributed by atoms with E-state index in [1.807, 2.05) is 0 Å². The lowest BCUT2D eigenvalue weighted by molar-refractivity contribution is 0.0932. The summed E-state index contributed by atoms with van der Waals surface area (Å²) >= 11 is 0. The van der Waals surface area contributed by atoms with Crippen molar-refractivity contribution in [1.29, 1.82) is 0 Å². The zero-order chi connectivity index (χ0) is 19.1. The topological polar surface area (TPSA) is 76.1 Å². The van der Waals surface area contributed by atoms with Gasteiger partial charge in [-0.1, -0.05) is 45.9 Å². The Morgan fingerprint density at radius 1 is 1.12 bits per heavy atom. The van der Waals surface area contributed by atoms with Crippen molar-refractivity contribution in [3.8, 4) is 0 Å². The summed E-state index contributed by atoms with van der Waals surface area (Å²) in [7, 11) is 1.59. The van der Waals surface area contributed by atoms with Crippen LogP contribution in [0.2, 0.25) is 0 Å². The van der Waals surface area contributed by atoms with Crippen LogP contribution in [0.25, 0.3) is 0 Å². The van der Waals surface area contributed by atoms with E-state index in [4.69, 9.17) is 4.74 Å². The molecular formula is C20H28N4O2. The fourth-order valence-electron chi connectivity index (χ4n) is 2.73. The molecule has 6 heteroatoms. The van der Waals surface area contributed by atoms with Crippen molar-refractivity contribution in [3.05, 3.63) is 47.4 Å². The van der Waals surface area contributed by atoms with E-state index < -0.39 is 0 Å². The first kappa shape index (κ1) is 19.8. The number of carbonyl (C=O) groups excluding carboxylic acids is 1. The molecule has 1 heterocycles. The van der Waals surface area contributed by atoms with Crippen molar-refractivity contribution in [2.75, 3.05) is 25.6 Å². The number of nitrogens with one attached hydrogen (secondary N) is 2. The predicted octanol–water partition coefficient (Wildman–Crippen LogP) is 3.84. The van der Waals surface area contributed by atoms with Gasteiger partial charge in [-0.25, -0.2) is 9.97 Å². The number of anilines is 2. The quantitative estimate of drug-likeness (QED) is 0.703. The molecule has 0 atom stereocenters. The van der Waals surface area contributed by atoms with Crippen LogP contribution in [0.3, 0.4) is 0 Å². The fourth-order valence-corrected chi connectivity index (χ4v) is 2.73. The van der Waals surface area contributed by atoms with Crippen LogP contribution in [-0.2, 0) is 4.74 Å². The number of ether oxygens (including phenoxy) is 1. The third kappa shape index (κ3) is 5.02. The summed E-state index contributed by atoms with van der Waals surface area (Å²) in [6, 6.07) is 8.00. The molecule has 0 aliphatic carbocycles. The van der Waals surface area contributed by atoms with E-state index in [0.29, 0.717) is 36.5 Å². The van der Waals surface area contributed by atoms with E-state index >= 15 is 0 Å². The highest BCUT2D eigenvalue weighted by Crippen LogP contribution is 2.34. The van der Waals surface area contributed by atoms with Gasteiger partial charge in [-0.2, -0.15) is 0 Å². The van der Waals surface area contributed by atoms with Gasteiger partial charge in [0.15, 0.2) is 0 Å². The van der Waals surface area contributed by atoms with E-state index in [1.54, 1.807) is 13.2 Å². The van der Waals surface area contributed by atoms with E-state index in [0.717, 1.165) is 5.69 Å². The summed E-state index contributed by atoms with van der Waals surface area (Å²) in [6.45, 7) is 9.56. The molecule has 0 saturated carbocycles. The molecule has 0 unspecified atom stereocenters. The van der Waals surface area contributed by atoms with E-state index in [2.05, 4.69) is 66.5 Å². The highest BCUT2D eigenvalue weighted by atomic mass is 16.5. The molecule has 0 saturated heterocycles. The fraction of sp³-hybridized carbons (Fsp3) is 0.450. The lowest BCUT2D eigenvalue weighted by Crippen LogP contribution is -2.27. The van der Waals surface area contributed by atoms with Crippen molar-refractivity contribution in [2.45, 2.75) is 39.5 Å². The first-order valence-electron chi connectivity index (χ1n) is 8.93. The minimum absolute atomic E-state index is 0.242. The molecule has 0 fully saturated rings. The number of carbonyl (C=O) groups is 1. The molecular weight excluding hydrogens is 328 g/mol. The second kappa shape index (κ2) is 9.29. The van der Waals surface area contributed by atoms with Crippen LogP contribution in [0.15, 0.2) is 30.6 Å². The average molecular weight is 356 g/mol. The Kier molecular flexibility index (Phi) is 7.09. The summed E-state index contributed by atoms with van der Waals surface area (Å²) in [4.78, 5) is 20.5. The van der Waals surface area contributed by atoms with Crippen molar-refractivity contribution in [3.63, 3.8) is 0 Å². The lowest BCUT2D eigenvalue weighted by Gasteiger charge is -2.20. The first-order valence-corrected chi connectivity index (χ1v) is 8.93. The number of aromatic nitrogens is 2. The third-order valence-electron chi connectivity index (χ3n) is 4.12. The Bertz CT molecular complexity index is 718. The van der Waals surface area contributed by atoms with Gasteiger partial charge in [-0.3, -0.25) is 4.79 Å². The van der Waals surface area contributed by atoms with Crippen LogP contribution < -0.4 is 10.6 Å². The van der Waals surface area contributed by atoms with Crippen LogP contribution >= 0.6 is 0 Å². The predicted molar refractivity (Wildman–Crippen MR) is 104 cm³/mol. The van der Waals surface area contributed by atoms with Gasteiger partial charge in [0, 0.05) is 25.4 Å². The van der Waals surface area contributed by atoms with Gasteiger partial charge in [0.1, 0.15) is 17.8 Å². The molecule has 1 aromatic carbocycles. The smallest absolute Gasteiger partial charge is 0.270 e. The van der Waals surface area contributed by atoms with Crippen LogP contribution in [0.1, 0.15) is 61.1 Å². The minimum atomic E-state index is -0.242. The molecule has 1 amide bonds. The van der Waals surface area contributed by atoms with E-state index in [1.165, 1.54) is 17.5 Å². The zero-order valence-corrected chi connectivity index (χ0v) is 16.2. The van der Waals surface area contributed by atoms with Gasteiger partial charge < -0.3 is 15.4 Å². The number of benzene rings is 1. The summed E-state index contributed by atoms with van der Waals surface area (Å²) in [5, 5.41) is 6.18. The number of para-hydroxylation sites is 1. The number of amides is 1. The third-order valence-corrected chi connectivity index (χ3v) is 4.12. The largest absolute Gasteiger partial charge is 0.383 e. The number of hydrogen-bond donors (Lipinski definition) is 2. The molecule has 2 N–H and O–H groups in total. The Hall–Kier alpha value is -2.47. The van der Waals surface area contributed by atoms with Crippen LogP contribution in [0.5, 0.6) is 0 Å². The summed E-state index contributed by atoms with van der Waals surface area (Å²) < 4.78 is 4.94. The summed E-state index contributed by atoms with van der Waals surface area (Å²) in [5.74, 6) is 1.10. The number of hydrogen-bond acceptors (Lipinski definition) is 5. The molecule has 0 spiro atoms. The molecule has 0 radical (unpaired) electrons. The molecule has 2 rings (SSSR count). The Morgan fingerprint density at radius 2 is 1.77 bits per heavy atom. The van der Waals surface area contributed by atoms with Crippen molar-refractivity contribution < 1.29 is 9.53 Å². The Labute approximate surface area is 155 Å². The maximum absolute atomic E-state index is 12.2. The molecule has 2 aromatic rings. The highest BCUT2D eigenvalue weighted by Gasteiger charge is 2.15. The van der Waals surface area contributed by atoms with Gasteiger partial charge in [0.05, 0.1) is 6.61 Å². The van der Waals surface area contributed by atoms with Crippen LogP contribution in [-0.4, -0.2) is 36.1 Å². The lowest BCUT2D eigenvalue weighted by atomic mass is 9.92. The summed E-state index contributed by atoms with van der Waals surface area (Å²) in [5.41, 5.74) is 3.83. The van der Waals surface area contributed by atoms with Gasteiger partial charge in [0.25, 0.3) is 5.91 Å². The molecule has 0 aliphatic heterocycles. The molecule has 140 valence electrons. The zero-order valence-electron chi connectivity index (χ0n) is 16.2. The van der Waals surface area contributed by atoms with E-state index in [-0.39, 0.29) is 5.91 Å². The Morgan fingerprint density at radius 3 is 2.35 bits per heavy atom. The standard InChI is InChI=1S/C20H28N4O2/c1-13(2)15-7-6-8-16(14(3)4)19(15)24-18-11-17(22-12-23-18)20(25)21-9-10-26-5/h6-8,11-14H,9-10H2,1-5H3,(H,21,25)(H,22,23,24). The van der Waals surface area contributed by atoms with Gasteiger partial charge in [0.2, 0.25) is 0 Å². The number of nitrogens with zero attached hydrogens (tertiary/aromatic N) is 2. The van der Waals surface area contributed by atoms with Crippen LogP contribution in [0.4, 0.5) is 11.5 Å². The SMILES string of the molecule is COCCNC(=O)c1cc(Nc2c(C(C)C)cccc2C(C)C)ncn1. The van der Waals surface area contributed by atoms with Gasteiger partial charge >= 0.3 is 0 Å². The van der Waals surface area contributed by atoms with Gasteiger partial charge in [-0.15, -0.1) is 0 Å². The van der Waals surface area contributed by atoms with Crippen molar-refractivity contribution >= 4 is 17.4 Å². The molecule has 26 heavy (non-hydrogen) atoms. The normalized spacial score (nSPS) is 11.0. The number of rotatable bonds is 8. The second-order valence-corrected chi connectivity index (χ2v) is 6.78. The molecule has 0 bridgehead atoms. The maximum Gasteiger partial charge on any atom is 0.270 e. The average Bonchev–Trinajstić information content (AvgIpc) is 2.61. The second-order valence-electron chi connectivity index (χ2n) is 6.78. The first-order chi connectivity index (χ1) is 12.4. The molecule has 6 nitrogen and oxygen atoms in total. The minimum Gasteiger partial charge on any atom is -0.383 e. The molecule has 0 aliphatic rings. The highest BCUT2D eigenvalue weighted by molar-refractivity contribution is 5.93. The number of methoxy groups -OCH3 is 1. The Balaban J connectivity index is 2.29. The summed E-state index contributed by atoms with van der Waals surface area (Å²) in [6.07, 6.45) is 1.40. The molecule has 1 aromatic heterocycles.